The number of hydrogen-bond acceptors (Lipinski definition) is 3. The van der Waals surface area contributed by atoms with Crippen LogP contribution in [-0.4, -0.2) is 41.6 Å². The summed E-state index contributed by atoms with van der Waals surface area (Å²) in [5, 5.41) is 3.59. The van der Waals surface area contributed by atoms with Crippen LogP contribution in [0.1, 0.15) is 26.0 Å². The first-order valence-electron chi connectivity index (χ1n) is 6.67. The molecule has 1 aromatic rings. The predicted octanol–water partition coefficient (Wildman–Crippen LogP) is 1.70. The van der Waals surface area contributed by atoms with Crippen LogP contribution in [0.25, 0.3) is 0 Å². The first kappa shape index (κ1) is 12.5. The number of rotatable bonds is 4. The average molecular weight is 233 g/mol. The summed E-state index contributed by atoms with van der Waals surface area (Å²) < 4.78 is 0. The van der Waals surface area contributed by atoms with Gasteiger partial charge in [-0.2, -0.15) is 0 Å². The van der Waals surface area contributed by atoms with Crippen LogP contribution in [0.3, 0.4) is 0 Å². The van der Waals surface area contributed by atoms with Crippen LogP contribution in [-0.2, 0) is 6.42 Å². The Labute approximate surface area is 104 Å². The lowest BCUT2D eigenvalue weighted by Crippen LogP contribution is -2.55. The normalized spacial score (nSPS) is 26.0. The Balaban J connectivity index is 1.85. The third kappa shape index (κ3) is 3.51. The van der Waals surface area contributed by atoms with E-state index in [2.05, 4.69) is 41.2 Å². The number of pyridine rings is 1. The number of piperazine rings is 1. The van der Waals surface area contributed by atoms with Gasteiger partial charge in [0.15, 0.2) is 0 Å². The van der Waals surface area contributed by atoms with E-state index in [1.807, 2.05) is 12.3 Å². The molecule has 3 nitrogen and oxygen atoms in total. The van der Waals surface area contributed by atoms with Crippen LogP contribution in [0, 0.1) is 0 Å². The summed E-state index contributed by atoms with van der Waals surface area (Å²) >= 11 is 0. The van der Waals surface area contributed by atoms with Crippen LogP contribution in [0.5, 0.6) is 0 Å². The van der Waals surface area contributed by atoms with Gasteiger partial charge in [0.2, 0.25) is 0 Å². The van der Waals surface area contributed by atoms with Crippen LogP contribution in [0.4, 0.5) is 0 Å². The van der Waals surface area contributed by atoms with E-state index < -0.39 is 0 Å². The van der Waals surface area contributed by atoms with E-state index in [9.17, 15) is 0 Å². The molecular formula is C14H23N3. The molecular weight excluding hydrogens is 210 g/mol. The van der Waals surface area contributed by atoms with Gasteiger partial charge in [0.05, 0.1) is 0 Å². The fourth-order valence-corrected chi connectivity index (χ4v) is 2.38. The number of nitrogens with one attached hydrogen (secondary N) is 1. The van der Waals surface area contributed by atoms with Gasteiger partial charge in [-0.05, 0) is 25.5 Å². The van der Waals surface area contributed by atoms with Crippen LogP contribution < -0.4 is 5.32 Å². The molecule has 0 saturated carbocycles. The average Bonchev–Trinajstić information content (AvgIpc) is 2.39. The van der Waals surface area contributed by atoms with E-state index in [1.54, 1.807) is 0 Å². The van der Waals surface area contributed by atoms with E-state index in [4.69, 9.17) is 0 Å². The van der Waals surface area contributed by atoms with Crippen LogP contribution in [0.2, 0.25) is 0 Å². The van der Waals surface area contributed by atoms with Crippen molar-refractivity contribution in [3.63, 3.8) is 0 Å². The highest BCUT2D eigenvalue weighted by Crippen LogP contribution is 2.09. The Morgan fingerprint density at radius 2 is 2.35 bits per heavy atom. The third-order valence-electron chi connectivity index (χ3n) is 3.65. The highest BCUT2D eigenvalue weighted by Gasteiger charge is 2.23. The molecule has 1 aliphatic heterocycles. The molecule has 0 spiro atoms. The zero-order valence-corrected chi connectivity index (χ0v) is 10.9. The molecule has 0 bridgehead atoms. The molecule has 2 atom stereocenters. The summed E-state index contributed by atoms with van der Waals surface area (Å²) in [6.07, 6.45) is 4.15. The van der Waals surface area contributed by atoms with Crippen LogP contribution in [0.15, 0.2) is 24.4 Å². The first-order valence-corrected chi connectivity index (χ1v) is 6.67. The molecule has 2 rings (SSSR count). The molecule has 3 heteroatoms. The Morgan fingerprint density at radius 3 is 3.06 bits per heavy atom. The quantitative estimate of drug-likeness (QED) is 0.858. The molecule has 1 fully saturated rings. The number of aromatic nitrogens is 1. The molecule has 0 amide bonds. The van der Waals surface area contributed by atoms with Crippen molar-refractivity contribution in [1.29, 1.82) is 0 Å². The van der Waals surface area contributed by atoms with Crippen molar-refractivity contribution < 1.29 is 0 Å². The van der Waals surface area contributed by atoms with Gasteiger partial charge in [0, 0.05) is 50.0 Å². The lowest BCUT2D eigenvalue weighted by atomic mass is 10.1. The van der Waals surface area contributed by atoms with Gasteiger partial charge in [-0.3, -0.25) is 9.88 Å². The summed E-state index contributed by atoms with van der Waals surface area (Å²) in [6.45, 7) is 7.96. The Bertz CT molecular complexity index is 325. The monoisotopic (exact) mass is 233 g/mol. The largest absolute Gasteiger partial charge is 0.311 e. The minimum Gasteiger partial charge on any atom is -0.311 e. The van der Waals surface area contributed by atoms with E-state index >= 15 is 0 Å². The van der Waals surface area contributed by atoms with Gasteiger partial charge in [-0.1, -0.05) is 13.0 Å². The fourth-order valence-electron chi connectivity index (χ4n) is 2.38. The Hall–Kier alpha value is -0.930. The zero-order valence-electron chi connectivity index (χ0n) is 10.9. The predicted molar refractivity (Wildman–Crippen MR) is 71.1 cm³/mol. The molecule has 17 heavy (non-hydrogen) atoms. The van der Waals surface area contributed by atoms with Gasteiger partial charge in [0.1, 0.15) is 0 Å². The summed E-state index contributed by atoms with van der Waals surface area (Å²) in [4.78, 5) is 6.97. The van der Waals surface area contributed by atoms with Crippen molar-refractivity contribution in [3.8, 4) is 0 Å². The van der Waals surface area contributed by atoms with Gasteiger partial charge < -0.3 is 5.32 Å². The summed E-state index contributed by atoms with van der Waals surface area (Å²) in [6, 6.07) is 7.46. The first-order chi connectivity index (χ1) is 8.29. The summed E-state index contributed by atoms with van der Waals surface area (Å²) in [5.41, 5.74) is 1.20. The lowest BCUT2D eigenvalue weighted by molar-refractivity contribution is 0.140. The minimum absolute atomic E-state index is 0.640. The molecule has 1 aromatic heterocycles. The SMILES string of the molecule is CCC1CN(CCc2ccccn2)C(C)CN1. The minimum atomic E-state index is 0.640. The molecule has 1 N–H and O–H groups in total. The van der Waals surface area contributed by atoms with E-state index in [-0.39, 0.29) is 0 Å². The molecule has 2 unspecified atom stereocenters. The zero-order chi connectivity index (χ0) is 12.1. The standard InChI is InChI=1S/C14H23N3/c1-3-13-11-17(12(2)10-16-13)9-7-14-6-4-5-8-15-14/h4-6,8,12-13,16H,3,7,9-11H2,1-2H3. The topological polar surface area (TPSA) is 28.2 Å². The van der Waals surface area contributed by atoms with Crippen molar-refractivity contribution in [2.75, 3.05) is 19.6 Å². The second kappa shape index (κ2) is 6.12. The highest BCUT2D eigenvalue weighted by atomic mass is 15.2. The van der Waals surface area contributed by atoms with Gasteiger partial charge in [0.25, 0.3) is 0 Å². The van der Waals surface area contributed by atoms with E-state index in [1.165, 1.54) is 18.7 Å². The van der Waals surface area contributed by atoms with Crippen molar-refractivity contribution in [1.82, 2.24) is 15.2 Å². The Kier molecular flexibility index (Phi) is 4.51. The molecule has 0 aromatic carbocycles. The third-order valence-corrected chi connectivity index (χ3v) is 3.65. The van der Waals surface area contributed by atoms with Crippen molar-refractivity contribution in [3.05, 3.63) is 30.1 Å². The molecule has 0 aliphatic carbocycles. The van der Waals surface area contributed by atoms with Crippen LogP contribution >= 0.6 is 0 Å². The van der Waals surface area contributed by atoms with Gasteiger partial charge in [-0.15, -0.1) is 0 Å². The van der Waals surface area contributed by atoms with E-state index in [0.29, 0.717) is 12.1 Å². The summed E-state index contributed by atoms with van der Waals surface area (Å²) in [5.74, 6) is 0. The number of nitrogens with zero attached hydrogens (tertiary/aromatic N) is 2. The van der Waals surface area contributed by atoms with E-state index in [0.717, 1.165) is 19.5 Å². The molecule has 0 radical (unpaired) electrons. The summed E-state index contributed by atoms with van der Waals surface area (Å²) in [7, 11) is 0. The smallest absolute Gasteiger partial charge is 0.0416 e. The maximum Gasteiger partial charge on any atom is 0.0416 e. The second-order valence-corrected chi connectivity index (χ2v) is 4.93. The molecule has 2 heterocycles. The maximum absolute atomic E-state index is 4.39. The highest BCUT2D eigenvalue weighted by molar-refractivity contribution is 5.04. The fraction of sp³-hybridized carbons (Fsp3) is 0.643. The molecule has 1 saturated heterocycles. The van der Waals surface area contributed by atoms with Crippen molar-refractivity contribution in [2.24, 2.45) is 0 Å². The lowest BCUT2D eigenvalue weighted by Gasteiger charge is -2.38. The molecule has 1 aliphatic rings. The molecule has 94 valence electrons. The van der Waals surface area contributed by atoms with Gasteiger partial charge in [-0.25, -0.2) is 0 Å². The van der Waals surface area contributed by atoms with Crippen molar-refractivity contribution >= 4 is 0 Å². The van der Waals surface area contributed by atoms with Crippen molar-refractivity contribution in [2.45, 2.75) is 38.8 Å². The van der Waals surface area contributed by atoms with Gasteiger partial charge >= 0.3 is 0 Å². The maximum atomic E-state index is 4.39. The number of hydrogen-bond donors (Lipinski definition) is 1. The second-order valence-electron chi connectivity index (χ2n) is 4.93. The Morgan fingerprint density at radius 1 is 1.47 bits per heavy atom.